The third-order valence-corrected chi connectivity index (χ3v) is 5.07. The van der Waals surface area contributed by atoms with Crippen molar-refractivity contribution in [3.8, 4) is 0 Å². The summed E-state index contributed by atoms with van der Waals surface area (Å²) in [6.45, 7) is 2.76. The van der Waals surface area contributed by atoms with Crippen LogP contribution in [0.2, 0.25) is 0 Å². The molecule has 1 saturated heterocycles. The number of hydrogen-bond acceptors (Lipinski definition) is 4. The smallest absolute Gasteiger partial charge is 0.280 e. The van der Waals surface area contributed by atoms with Crippen LogP contribution in [0.25, 0.3) is 0 Å². The normalized spacial score (nSPS) is 19.0. The van der Waals surface area contributed by atoms with Gasteiger partial charge >= 0.3 is 0 Å². The third kappa shape index (κ3) is 3.22. The van der Waals surface area contributed by atoms with Crippen molar-refractivity contribution in [3.05, 3.63) is 60.2 Å². The molecule has 2 aliphatic rings. The molecule has 2 aliphatic heterocycles. The predicted octanol–water partition coefficient (Wildman–Crippen LogP) is 3.32. The Morgan fingerprint density at radius 1 is 0.962 bits per heavy atom. The van der Waals surface area contributed by atoms with Crippen molar-refractivity contribution in [1.82, 2.24) is 4.90 Å². The van der Waals surface area contributed by atoms with Crippen LogP contribution in [0.5, 0.6) is 0 Å². The highest BCUT2D eigenvalue weighted by atomic mass is 16.2. The summed E-state index contributed by atoms with van der Waals surface area (Å²) in [6.07, 6.45) is 3.71. The van der Waals surface area contributed by atoms with Gasteiger partial charge in [0, 0.05) is 12.6 Å². The van der Waals surface area contributed by atoms with E-state index in [-0.39, 0.29) is 5.91 Å². The minimum atomic E-state index is -0.0143. The summed E-state index contributed by atoms with van der Waals surface area (Å²) in [5.74, 6) is -0.0143. The second-order valence-electron chi connectivity index (χ2n) is 6.88. The van der Waals surface area contributed by atoms with Crippen molar-refractivity contribution in [2.24, 2.45) is 5.10 Å². The number of fused-ring (bicyclic) bond motifs is 1. The van der Waals surface area contributed by atoms with Crippen molar-refractivity contribution < 1.29 is 4.79 Å². The lowest BCUT2D eigenvalue weighted by Gasteiger charge is -2.30. The van der Waals surface area contributed by atoms with Crippen LogP contribution in [0.1, 0.15) is 24.8 Å². The summed E-state index contributed by atoms with van der Waals surface area (Å²) in [5, 5.41) is 6.42. The lowest BCUT2D eigenvalue weighted by molar-refractivity contribution is -0.112. The summed E-state index contributed by atoms with van der Waals surface area (Å²) in [6, 6.07) is 17.8. The minimum Gasteiger partial charge on any atom is -0.293 e. The zero-order valence-corrected chi connectivity index (χ0v) is 15.1. The van der Waals surface area contributed by atoms with Gasteiger partial charge in [-0.3, -0.25) is 19.6 Å². The molecule has 26 heavy (non-hydrogen) atoms. The Kier molecular flexibility index (Phi) is 4.71. The van der Waals surface area contributed by atoms with Crippen LogP contribution in [0.4, 0.5) is 11.4 Å². The first-order valence-electron chi connectivity index (χ1n) is 9.25. The Labute approximate surface area is 154 Å². The highest BCUT2D eigenvalue weighted by molar-refractivity contribution is 6.54. The topological polar surface area (TPSA) is 39.2 Å². The lowest BCUT2D eigenvalue weighted by Crippen LogP contribution is -2.43. The Morgan fingerprint density at radius 3 is 2.42 bits per heavy atom. The molecule has 0 radical (unpaired) electrons. The number of carbonyl (C=O) groups is 1. The average Bonchev–Trinajstić information content (AvgIpc) is 2.95. The number of nitrogens with zero attached hydrogens (tertiary/aromatic N) is 4. The second-order valence-corrected chi connectivity index (χ2v) is 6.88. The van der Waals surface area contributed by atoms with Crippen molar-refractivity contribution in [2.45, 2.75) is 19.3 Å². The number of rotatable bonds is 4. The SMILES string of the molecule is CN(/N=C1\C(=O)N(CN2CCCCC2)c2ccccc21)c1ccccc1. The molecule has 5 nitrogen and oxygen atoms in total. The van der Waals surface area contributed by atoms with Gasteiger partial charge in [0.05, 0.1) is 18.0 Å². The van der Waals surface area contributed by atoms with Gasteiger partial charge in [0.1, 0.15) is 0 Å². The van der Waals surface area contributed by atoms with E-state index >= 15 is 0 Å². The molecular weight excluding hydrogens is 324 g/mol. The number of likely N-dealkylation sites (tertiary alicyclic amines) is 1. The van der Waals surface area contributed by atoms with E-state index in [9.17, 15) is 4.79 Å². The van der Waals surface area contributed by atoms with E-state index in [1.165, 1.54) is 19.3 Å². The molecular formula is C21H24N4O. The molecule has 2 heterocycles. The third-order valence-electron chi connectivity index (χ3n) is 5.07. The van der Waals surface area contributed by atoms with E-state index in [1.54, 1.807) is 5.01 Å². The highest BCUT2D eigenvalue weighted by Gasteiger charge is 2.35. The molecule has 2 aromatic rings. The summed E-state index contributed by atoms with van der Waals surface area (Å²) in [5.41, 5.74) is 3.35. The first-order chi connectivity index (χ1) is 12.7. The number of anilines is 2. The molecule has 0 N–H and O–H groups in total. The number of carbonyl (C=O) groups excluding carboxylic acids is 1. The largest absolute Gasteiger partial charge is 0.293 e. The first kappa shape index (κ1) is 16.8. The number of benzene rings is 2. The molecule has 1 fully saturated rings. The molecule has 134 valence electrons. The van der Waals surface area contributed by atoms with Gasteiger partial charge in [0.2, 0.25) is 0 Å². The summed E-state index contributed by atoms with van der Waals surface area (Å²) in [7, 11) is 1.88. The van der Waals surface area contributed by atoms with Gasteiger partial charge in [-0.15, -0.1) is 0 Å². The van der Waals surface area contributed by atoms with Crippen LogP contribution in [-0.2, 0) is 4.79 Å². The average molecular weight is 348 g/mol. The second kappa shape index (κ2) is 7.30. The maximum Gasteiger partial charge on any atom is 0.280 e. The molecule has 0 aliphatic carbocycles. The van der Waals surface area contributed by atoms with Gasteiger partial charge in [0.15, 0.2) is 5.71 Å². The van der Waals surface area contributed by atoms with E-state index in [2.05, 4.69) is 10.0 Å². The quantitative estimate of drug-likeness (QED) is 0.796. The first-order valence-corrected chi connectivity index (χ1v) is 9.25. The highest BCUT2D eigenvalue weighted by Crippen LogP contribution is 2.30. The van der Waals surface area contributed by atoms with E-state index in [4.69, 9.17) is 0 Å². The van der Waals surface area contributed by atoms with Crippen molar-refractivity contribution in [3.63, 3.8) is 0 Å². The summed E-state index contributed by atoms with van der Waals surface area (Å²) in [4.78, 5) is 17.4. The number of para-hydroxylation sites is 2. The molecule has 5 heteroatoms. The maximum absolute atomic E-state index is 13.1. The molecule has 2 aromatic carbocycles. The van der Waals surface area contributed by atoms with Crippen molar-refractivity contribution in [1.29, 1.82) is 0 Å². The number of hydrogen-bond donors (Lipinski definition) is 0. The zero-order chi connectivity index (χ0) is 17.9. The Hall–Kier alpha value is -2.66. The number of hydrazone groups is 1. The van der Waals surface area contributed by atoms with Crippen LogP contribution in [0, 0.1) is 0 Å². The summed E-state index contributed by atoms with van der Waals surface area (Å²) < 4.78 is 0. The minimum absolute atomic E-state index is 0.0143. The van der Waals surface area contributed by atoms with Crippen molar-refractivity contribution >= 4 is 23.0 Å². The maximum atomic E-state index is 13.1. The zero-order valence-electron chi connectivity index (χ0n) is 15.1. The molecule has 1 amide bonds. The monoisotopic (exact) mass is 348 g/mol. The molecule has 4 rings (SSSR count). The lowest BCUT2D eigenvalue weighted by atomic mass is 10.1. The van der Waals surface area contributed by atoms with Gasteiger partial charge in [0.25, 0.3) is 5.91 Å². The fourth-order valence-electron chi connectivity index (χ4n) is 3.65. The van der Waals surface area contributed by atoms with Gasteiger partial charge in [-0.05, 0) is 44.1 Å². The molecule has 0 spiro atoms. The standard InChI is InChI=1S/C21H24N4O/c1-23(17-10-4-2-5-11-17)22-20-18-12-6-7-13-19(18)25(21(20)26)16-24-14-8-3-9-15-24/h2,4-7,10-13H,3,8-9,14-16H2,1H3/b22-20-. The summed E-state index contributed by atoms with van der Waals surface area (Å²) >= 11 is 0. The molecule has 0 atom stereocenters. The van der Waals surface area contributed by atoms with Crippen LogP contribution in [0.3, 0.4) is 0 Å². The Balaban J connectivity index is 1.63. The van der Waals surface area contributed by atoms with Gasteiger partial charge < -0.3 is 0 Å². The van der Waals surface area contributed by atoms with Gasteiger partial charge in [-0.25, -0.2) is 0 Å². The van der Waals surface area contributed by atoms with Gasteiger partial charge in [-0.1, -0.05) is 42.8 Å². The Bertz CT molecular complexity index is 812. The van der Waals surface area contributed by atoms with Crippen LogP contribution < -0.4 is 9.91 Å². The van der Waals surface area contributed by atoms with Crippen LogP contribution in [-0.4, -0.2) is 43.3 Å². The number of piperidine rings is 1. The van der Waals surface area contributed by atoms with Crippen LogP contribution >= 0.6 is 0 Å². The van der Waals surface area contributed by atoms with Crippen molar-refractivity contribution in [2.75, 3.05) is 36.7 Å². The fourth-order valence-corrected chi connectivity index (χ4v) is 3.65. The van der Waals surface area contributed by atoms with E-state index in [1.807, 2.05) is 66.5 Å². The van der Waals surface area contributed by atoms with Gasteiger partial charge in [-0.2, -0.15) is 5.10 Å². The Morgan fingerprint density at radius 2 is 1.65 bits per heavy atom. The number of amides is 1. The predicted molar refractivity (Wildman–Crippen MR) is 106 cm³/mol. The van der Waals surface area contributed by atoms with E-state index < -0.39 is 0 Å². The molecule has 0 aromatic heterocycles. The molecule has 0 bridgehead atoms. The van der Waals surface area contributed by atoms with E-state index in [0.29, 0.717) is 12.4 Å². The van der Waals surface area contributed by atoms with Crippen LogP contribution in [0.15, 0.2) is 59.7 Å². The fraction of sp³-hybridized carbons (Fsp3) is 0.333. The van der Waals surface area contributed by atoms with E-state index in [0.717, 1.165) is 30.0 Å². The molecule has 0 saturated carbocycles. The molecule has 0 unspecified atom stereocenters.